The average Bonchev–Trinajstić information content (AvgIpc) is 2.13. The summed E-state index contributed by atoms with van der Waals surface area (Å²) in [4.78, 5) is 11.2. The normalized spacial score (nSPS) is 18.3. The van der Waals surface area contributed by atoms with E-state index < -0.39 is 10.9 Å². The van der Waals surface area contributed by atoms with Crippen molar-refractivity contribution in [2.24, 2.45) is 0 Å². The predicted molar refractivity (Wildman–Crippen MR) is 58.3 cm³/mol. The van der Waals surface area contributed by atoms with Gasteiger partial charge in [-0.05, 0) is 36.9 Å². The number of carbonyl (C=O) groups is 1. The lowest BCUT2D eigenvalue weighted by molar-refractivity contribution is 0.0595. The summed E-state index contributed by atoms with van der Waals surface area (Å²) in [5.41, 5.74) is -0.964. The summed E-state index contributed by atoms with van der Waals surface area (Å²) >= 11 is 11.3. The Bertz CT molecular complexity index is 413. The lowest BCUT2D eigenvalue weighted by atomic mass is 9.75. The van der Waals surface area contributed by atoms with Crippen molar-refractivity contribution in [1.82, 2.24) is 0 Å². The van der Waals surface area contributed by atoms with Gasteiger partial charge < -0.3 is 0 Å². The molecule has 0 bridgehead atoms. The predicted octanol–water partition coefficient (Wildman–Crippen LogP) is 4.07. The molecule has 4 heteroatoms. The van der Waals surface area contributed by atoms with Gasteiger partial charge in [0, 0.05) is 5.56 Å². The topological polar surface area (TPSA) is 17.1 Å². The van der Waals surface area contributed by atoms with Crippen molar-refractivity contribution >= 4 is 28.4 Å². The molecule has 1 aliphatic carbocycles. The minimum absolute atomic E-state index is 0.114. The highest BCUT2D eigenvalue weighted by Crippen LogP contribution is 2.47. The Labute approximate surface area is 97.2 Å². The van der Waals surface area contributed by atoms with Crippen LogP contribution in [0.3, 0.4) is 0 Å². The quantitative estimate of drug-likeness (QED) is 0.720. The van der Waals surface area contributed by atoms with Crippen molar-refractivity contribution in [3.63, 3.8) is 0 Å². The molecule has 0 saturated heterocycles. The van der Waals surface area contributed by atoms with E-state index in [0.29, 0.717) is 18.4 Å². The zero-order valence-corrected chi connectivity index (χ0v) is 9.41. The van der Waals surface area contributed by atoms with Gasteiger partial charge in [-0.2, -0.15) is 0 Å². The fourth-order valence-electron chi connectivity index (χ4n) is 1.85. The molecule has 1 saturated carbocycles. The Hall–Kier alpha value is -0.600. The van der Waals surface area contributed by atoms with Crippen LogP contribution in [-0.2, 0) is 5.67 Å². The van der Waals surface area contributed by atoms with Gasteiger partial charge in [-0.15, -0.1) is 0 Å². The molecule has 2 rings (SSSR count). The van der Waals surface area contributed by atoms with E-state index in [4.69, 9.17) is 23.2 Å². The maximum atomic E-state index is 14.2. The average molecular weight is 247 g/mol. The number of hydrogen-bond acceptors (Lipinski definition) is 1. The molecule has 0 N–H and O–H groups in total. The molecule has 15 heavy (non-hydrogen) atoms. The summed E-state index contributed by atoms with van der Waals surface area (Å²) < 4.78 is 14.2. The van der Waals surface area contributed by atoms with E-state index in [1.165, 1.54) is 0 Å². The smallest absolute Gasteiger partial charge is 0.254 e. The summed E-state index contributed by atoms with van der Waals surface area (Å²) in [7, 11) is 0. The van der Waals surface area contributed by atoms with Crippen LogP contribution in [-0.4, -0.2) is 5.24 Å². The minimum Gasteiger partial charge on any atom is -0.276 e. The van der Waals surface area contributed by atoms with Gasteiger partial charge in [-0.3, -0.25) is 4.79 Å². The van der Waals surface area contributed by atoms with Crippen LogP contribution in [0.2, 0.25) is 5.02 Å². The first-order chi connectivity index (χ1) is 7.04. The summed E-state index contributed by atoms with van der Waals surface area (Å²) in [6.07, 6.45) is 1.70. The van der Waals surface area contributed by atoms with Crippen LogP contribution in [0.5, 0.6) is 0 Å². The molecular weight excluding hydrogens is 238 g/mol. The third kappa shape index (κ3) is 1.77. The molecule has 0 spiro atoms. The van der Waals surface area contributed by atoms with Crippen LogP contribution in [0, 0.1) is 0 Å². The fourth-order valence-corrected chi connectivity index (χ4v) is 2.37. The van der Waals surface area contributed by atoms with Crippen LogP contribution >= 0.6 is 23.2 Å². The molecule has 1 nitrogen and oxygen atoms in total. The first-order valence-corrected chi connectivity index (χ1v) is 5.48. The van der Waals surface area contributed by atoms with Crippen molar-refractivity contribution in [3.8, 4) is 0 Å². The van der Waals surface area contributed by atoms with Crippen molar-refractivity contribution in [3.05, 3.63) is 34.3 Å². The third-order valence-electron chi connectivity index (χ3n) is 2.84. The van der Waals surface area contributed by atoms with Gasteiger partial charge in [0.1, 0.15) is 5.67 Å². The Morgan fingerprint density at radius 2 is 2.07 bits per heavy atom. The molecule has 0 unspecified atom stereocenters. The second-order valence-corrected chi connectivity index (χ2v) is 4.51. The van der Waals surface area contributed by atoms with Gasteiger partial charge >= 0.3 is 0 Å². The maximum Gasteiger partial charge on any atom is 0.254 e. The highest BCUT2D eigenvalue weighted by molar-refractivity contribution is 6.69. The van der Waals surface area contributed by atoms with Gasteiger partial charge in [-0.25, -0.2) is 4.39 Å². The number of carbonyl (C=O) groups excluding carboxylic acids is 1. The molecule has 1 aromatic carbocycles. The molecule has 80 valence electrons. The summed E-state index contributed by atoms with van der Waals surface area (Å²) in [6, 6.07) is 4.77. The van der Waals surface area contributed by atoms with Gasteiger partial charge in [0.15, 0.2) is 0 Å². The summed E-state index contributed by atoms with van der Waals surface area (Å²) in [6.45, 7) is 0. The molecule has 1 aromatic rings. The van der Waals surface area contributed by atoms with E-state index >= 15 is 0 Å². The van der Waals surface area contributed by atoms with Crippen LogP contribution in [0.15, 0.2) is 18.2 Å². The molecular formula is C11H9Cl2FO. The van der Waals surface area contributed by atoms with Gasteiger partial charge in [0.2, 0.25) is 0 Å². The van der Waals surface area contributed by atoms with E-state index in [0.717, 1.165) is 6.42 Å². The van der Waals surface area contributed by atoms with E-state index in [1.54, 1.807) is 18.2 Å². The SMILES string of the molecule is O=C(Cl)c1c(Cl)cccc1C1(F)CCC1. The summed E-state index contributed by atoms with van der Waals surface area (Å²) in [5, 5.41) is -0.476. The molecule has 0 heterocycles. The second kappa shape index (κ2) is 3.76. The molecule has 0 amide bonds. The fraction of sp³-hybridized carbons (Fsp3) is 0.364. The maximum absolute atomic E-state index is 14.2. The second-order valence-electron chi connectivity index (χ2n) is 3.75. The van der Waals surface area contributed by atoms with E-state index in [-0.39, 0.29) is 10.6 Å². The van der Waals surface area contributed by atoms with E-state index in [1.807, 2.05) is 0 Å². The first kappa shape index (κ1) is 10.9. The number of halogens is 3. The lowest BCUT2D eigenvalue weighted by Crippen LogP contribution is -2.30. The molecule has 1 fully saturated rings. The standard InChI is InChI=1S/C11H9Cl2FO/c12-8-4-1-3-7(9(8)10(13)15)11(14)5-2-6-11/h1,3-4H,2,5-6H2. The molecule has 0 aliphatic heterocycles. The monoisotopic (exact) mass is 246 g/mol. The summed E-state index contributed by atoms with van der Waals surface area (Å²) in [5.74, 6) is 0. The van der Waals surface area contributed by atoms with Crippen molar-refractivity contribution in [2.75, 3.05) is 0 Å². The van der Waals surface area contributed by atoms with E-state index in [9.17, 15) is 9.18 Å². The molecule has 1 aliphatic rings. The number of alkyl halides is 1. The Morgan fingerprint density at radius 1 is 1.40 bits per heavy atom. The molecule has 0 aromatic heterocycles. The van der Waals surface area contributed by atoms with E-state index in [2.05, 4.69) is 0 Å². The zero-order valence-electron chi connectivity index (χ0n) is 7.90. The van der Waals surface area contributed by atoms with Gasteiger partial charge in [0.05, 0.1) is 10.6 Å². The van der Waals surface area contributed by atoms with Gasteiger partial charge in [0.25, 0.3) is 5.24 Å². The first-order valence-electron chi connectivity index (χ1n) is 4.72. The van der Waals surface area contributed by atoms with Crippen molar-refractivity contribution in [2.45, 2.75) is 24.9 Å². The highest BCUT2D eigenvalue weighted by Gasteiger charge is 2.41. The Morgan fingerprint density at radius 3 is 2.53 bits per heavy atom. The lowest BCUT2D eigenvalue weighted by Gasteiger charge is -2.35. The van der Waals surface area contributed by atoms with Crippen LogP contribution in [0.1, 0.15) is 35.2 Å². The van der Waals surface area contributed by atoms with Crippen molar-refractivity contribution in [1.29, 1.82) is 0 Å². The minimum atomic E-state index is -1.41. The number of hydrogen-bond donors (Lipinski definition) is 0. The van der Waals surface area contributed by atoms with Gasteiger partial charge in [-0.1, -0.05) is 23.7 Å². The number of rotatable bonds is 2. The number of benzene rings is 1. The van der Waals surface area contributed by atoms with Crippen LogP contribution in [0.4, 0.5) is 4.39 Å². The molecule has 0 radical (unpaired) electrons. The van der Waals surface area contributed by atoms with Crippen molar-refractivity contribution < 1.29 is 9.18 Å². The van der Waals surface area contributed by atoms with Crippen LogP contribution in [0.25, 0.3) is 0 Å². The largest absolute Gasteiger partial charge is 0.276 e. The highest BCUT2D eigenvalue weighted by atomic mass is 35.5. The Kier molecular flexibility index (Phi) is 2.73. The zero-order chi connectivity index (χ0) is 11.1. The third-order valence-corrected chi connectivity index (χ3v) is 3.34. The van der Waals surface area contributed by atoms with Crippen LogP contribution < -0.4 is 0 Å². The molecule has 0 atom stereocenters. The Balaban J connectivity index is 2.55.